The standard InChI is InChI=1S/C21H26N6O2.HI/c1-3-23-21(25-11-13-29-19-6-4-18(28-2)5-7-19)26-15-17-8-9-24-20(14-17)27-12-10-22-16-27;/h4-10,12,14,16H,3,11,13,15H2,1-2H3,(H2,23,25,26);1H. The van der Waals surface area contributed by atoms with E-state index in [1.807, 2.05) is 54.1 Å². The van der Waals surface area contributed by atoms with Crippen LogP contribution < -0.4 is 20.1 Å². The first-order valence-corrected chi connectivity index (χ1v) is 9.51. The lowest BCUT2D eigenvalue weighted by atomic mass is 10.2. The van der Waals surface area contributed by atoms with Crippen molar-refractivity contribution < 1.29 is 9.47 Å². The molecule has 0 aliphatic carbocycles. The van der Waals surface area contributed by atoms with Crippen molar-refractivity contribution in [3.63, 3.8) is 0 Å². The highest BCUT2D eigenvalue weighted by molar-refractivity contribution is 14.0. The van der Waals surface area contributed by atoms with Crippen LogP contribution in [0.5, 0.6) is 11.5 Å². The van der Waals surface area contributed by atoms with Crippen molar-refractivity contribution in [1.29, 1.82) is 0 Å². The molecule has 1 aromatic carbocycles. The van der Waals surface area contributed by atoms with E-state index < -0.39 is 0 Å². The van der Waals surface area contributed by atoms with Gasteiger partial charge in [-0.3, -0.25) is 4.57 Å². The second-order valence-electron chi connectivity index (χ2n) is 6.14. The zero-order valence-corrected chi connectivity index (χ0v) is 19.4. The summed E-state index contributed by atoms with van der Waals surface area (Å²) in [6.07, 6.45) is 7.10. The number of nitrogens with zero attached hydrogens (tertiary/aromatic N) is 4. The van der Waals surface area contributed by atoms with E-state index in [-0.39, 0.29) is 24.0 Å². The number of halogens is 1. The molecule has 0 aliphatic heterocycles. The van der Waals surface area contributed by atoms with E-state index in [2.05, 4.69) is 25.6 Å². The molecule has 2 aromatic heterocycles. The number of nitrogens with one attached hydrogen (secondary N) is 2. The lowest BCUT2D eigenvalue weighted by molar-refractivity contribution is 0.321. The third kappa shape index (κ3) is 7.21. The fraction of sp³-hybridized carbons (Fsp3) is 0.286. The van der Waals surface area contributed by atoms with Gasteiger partial charge in [-0.1, -0.05) is 0 Å². The van der Waals surface area contributed by atoms with Gasteiger partial charge in [0, 0.05) is 25.1 Å². The molecule has 9 heteroatoms. The Hall–Kier alpha value is -2.82. The van der Waals surface area contributed by atoms with Crippen molar-refractivity contribution in [3.8, 4) is 17.3 Å². The molecular weight excluding hydrogens is 495 g/mol. The zero-order chi connectivity index (χ0) is 20.3. The van der Waals surface area contributed by atoms with Crippen LogP contribution in [0.3, 0.4) is 0 Å². The Morgan fingerprint density at radius 1 is 1.10 bits per heavy atom. The summed E-state index contributed by atoms with van der Waals surface area (Å²) >= 11 is 0. The van der Waals surface area contributed by atoms with Crippen molar-refractivity contribution in [2.24, 2.45) is 4.99 Å². The van der Waals surface area contributed by atoms with E-state index in [1.165, 1.54) is 0 Å². The summed E-state index contributed by atoms with van der Waals surface area (Å²) < 4.78 is 12.7. The number of benzene rings is 1. The number of pyridine rings is 1. The van der Waals surface area contributed by atoms with Gasteiger partial charge in [-0.05, 0) is 48.9 Å². The van der Waals surface area contributed by atoms with E-state index >= 15 is 0 Å². The van der Waals surface area contributed by atoms with Crippen LogP contribution in [0, 0.1) is 0 Å². The highest BCUT2D eigenvalue weighted by atomic mass is 127. The summed E-state index contributed by atoms with van der Waals surface area (Å²) in [5, 5.41) is 6.53. The number of aromatic nitrogens is 3. The summed E-state index contributed by atoms with van der Waals surface area (Å²) in [5.74, 6) is 3.18. The van der Waals surface area contributed by atoms with Crippen LogP contribution in [0.2, 0.25) is 0 Å². The Labute approximate surface area is 193 Å². The first-order valence-electron chi connectivity index (χ1n) is 9.51. The first kappa shape index (κ1) is 23.5. The molecule has 0 atom stereocenters. The molecule has 0 saturated heterocycles. The molecule has 3 aromatic rings. The quantitative estimate of drug-likeness (QED) is 0.195. The van der Waals surface area contributed by atoms with Gasteiger partial charge >= 0.3 is 0 Å². The molecule has 0 saturated carbocycles. The molecule has 0 amide bonds. The van der Waals surface area contributed by atoms with Crippen molar-refractivity contribution in [3.05, 3.63) is 66.9 Å². The maximum Gasteiger partial charge on any atom is 0.191 e. The van der Waals surface area contributed by atoms with E-state index in [0.29, 0.717) is 19.7 Å². The van der Waals surface area contributed by atoms with Crippen molar-refractivity contribution >= 4 is 29.9 Å². The topological polar surface area (TPSA) is 85.6 Å². The average molecular weight is 522 g/mol. The molecule has 160 valence electrons. The largest absolute Gasteiger partial charge is 0.497 e. The predicted octanol–water partition coefficient (Wildman–Crippen LogP) is 3.03. The minimum absolute atomic E-state index is 0. The first-order chi connectivity index (χ1) is 14.3. The van der Waals surface area contributed by atoms with E-state index in [4.69, 9.17) is 9.47 Å². The molecule has 0 spiro atoms. The molecule has 2 N–H and O–H groups in total. The van der Waals surface area contributed by atoms with Crippen LogP contribution in [0.25, 0.3) is 5.82 Å². The maximum atomic E-state index is 5.74. The normalized spacial score (nSPS) is 10.8. The number of imidazole rings is 1. The highest BCUT2D eigenvalue weighted by Crippen LogP contribution is 2.16. The second-order valence-corrected chi connectivity index (χ2v) is 6.14. The molecule has 0 fully saturated rings. The van der Waals surface area contributed by atoms with E-state index in [0.717, 1.165) is 35.4 Å². The summed E-state index contributed by atoms with van der Waals surface area (Å²) in [6, 6.07) is 11.5. The second kappa shape index (κ2) is 12.7. The minimum Gasteiger partial charge on any atom is -0.497 e. The number of hydrogen-bond donors (Lipinski definition) is 2. The van der Waals surface area contributed by atoms with Crippen LogP contribution in [0.1, 0.15) is 12.5 Å². The molecule has 3 rings (SSSR count). The molecule has 0 aliphatic rings. The van der Waals surface area contributed by atoms with Crippen molar-refractivity contribution in [1.82, 2.24) is 25.2 Å². The number of hydrogen-bond acceptors (Lipinski definition) is 5. The number of ether oxygens (including phenoxy) is 2. The molecule has 2 heterocycles. The van der Waals surface area contributed by atoms with Crippen molar-refractivity contribution in [2.75, 3.05) is 26.8 Å². The number of rotatable bonds is 9. The summed E-state index contributed by atoms with van der Waals surface area (Å²) in [4.78, 5) is 13.1. The number of aliphatic imine (C=N–C) groups is 1. The molecule has 0 radical (unpaired) electrons. The zero-order valence-electron chi connectivity index (χ0n) is 17.1. The number of guanidine groups is 1. The fourth-order valence-corrected chi connectivity index (χ4v) is 2.62. The lowest BCUT2D eigenvalue weighted by Gasteiger charge is -2.12. The number of methoxy groups -OCH3 is 1. The van der Waals surface area contributed by atoms with Gasteiger partial charge in [0.05, 0.1) is 20.2 Å². The van der Waals surface area contributed by atoms with Crippen LogP contribution in [-0.4, -0.2) is 47.3 Å². The Balaban J connectivity index is 0.00000320. The van der Waals surface area contributed by atoms with E-state index in [1.54, 1.807) is 25.8 Å². The summed E-state index contributed by atoms with van der Waals surface area (Å²) in [5.41, 5.74) is 1.07. The third-order valence-electron chi connectivity index (χ3n) is 4.07. The lowest BCUT2D eigenvalue weighted by Crippen LogP contribution is -2.39. The van der Waals surface area contributed by atoms with Gasteiger partial charge in [-0.25, -0.2) is 15.0 Å². The van der Waals surface area contributed by atoms with Crippen molar-refractivity contribution in [2.45, 2.75) is 13.5 Å². The molecule has 0 bridgehead atoms. The minimum atomic E-state index is 0. The maximum absolute atomic E-state index is 5.74. The predicted molar refractivity (Wildman–Crippen MR) is 128 cm³/mol. The Bertz CT molecular complexity index is 900. The molecule has 8 nitrogen and oxygen atoms in total. The van der Waals surface area contributed by atoms with Gasteiger partial charge in [0.25, 0.3) is 0 Å². The van der Waals surface area contributed by atoms with Gasteiger partial charge in [0.15, 0.2) is 5.96 Å². The van der Waals surface area contributed by atoms with Crippen LogP contribution in [0.4, 0.5) is 0 Å². The van der Waals surface area contributed by atoms with Gasteiger partial charge in [-0.2, -0.15) is 0 Å². The highest BCUT2D eigenvalue weighted by Gasteiger charge is 2.02. The Morgan fingerprint density at radius 3 is 2.60 bits per heavy atom. The fourth-order valence-electron chi connectivity index (χ4n) is 2.62. The monoisotopic (exact) mass is 522 g/mol. The SMILES string of the molecule is CCNC(=NCc1ccnc(-n2ccnc2)c1)NCCOc1ccc(OC)cc1.I. The van der Waals surface area contributed by atoms with Gasteiger partial charge in [0.2, 0.25) is 0 Å². The average Bonchev–Trinajstić information content (AvgIpc) is 3.30. The van der Waals surface area contributed by atoms with Gasteiger partial charge in [-0.15, -0.1) is 24.0 Å². The molecule has 0 unspecified atom stereocenters. The van der Waals surface area contributed by atoms with Gasteiger partial charge in [0.1, 0.15) is 30.3 Å². The molecule has 30 heavy (non-hydrogen) atoms. The summed E-state index contributed by atoms with van der Waals surface area (Å²) in [7, 11) is 1.64. The van der Waals surface area contributed by atoms with E-state index in [9.17, 15) is 0 Å². The van der Waals surface area contributed by atoms with Crippen LogP contribution in [-0.2, 0) is 6.54 Å². The molecular formula is C21H27IN6O2. The van der Waals surface area contributed by atoms with Gasteiger partial charge < -0.3 is 20.1 Å². The smallest absolute Gasteiger partial charge is 0.191 e. The Kier molecular flexibility index (Phi) is 9.92. The summed E-state index contributed by atoms with van der Waals surface area (Å²) in [6.45, 7) is 4.51. The van der Waals surface area contributed by atoms with Crippen LogP contribution in [0.15, 0.2) is 66.3 Å². The third-order valence-corrected chi connectivity index (χ3v) is 4.07. The van der Waals surface area contributed by atoms with Crippen LogP contribution >= 0.6 is 24.0 Å². The Morgan fingerprint density at radius 2 is 1.90 bits per heavy atom.